The molecule has 4 aliphatic rings. The Morgan fingerprint density at radius 3 is 2.27 bits per heavy atom. The minimum Gasteiger partial charge on any atom is -0.462 e. The lowest BCUT2D eigenvalue weighted by Crippen LogP contribution is -2.51. The number of nitrogens with zero attached hydrogens (tertiary/aromatic N) is 1. The van der Waals surface area contributed by atoms with Gasteiger partial charge in [0.1, 0.15) is 6.10 Å². The lowest BCUT2D eigenvalue weighted by Gasteiger charge is -2.58. The zero-order valence-corrected chi connectivity index (χ0v) is 31.9. The summed E-state index contributed by atoms with van der Waals surface area (Å²) in [4.78, 5) is 28.0. The summed E-state index contributed by atoms with van der Waals surface area (Å²) in [5, 5.41) is 0. The lowest BCUT2D eigenvalue weighted by molar-refractivity contribution is -0.153. The van der Waals surface area contributed by atoms with E-state index in [2.05, 4.69) is 40.7 Å². The second-order valence-corrected chi connectivity index (χ2v) is 17.6. The zero-order chi connectivity index (χ0) is 34.7. The van der Waals surface area contributed by atoms with Crippen LogP contribution >= 0.6 is 0 Å². The fraction of sp³-hybridized carbons (Fsp3) is 0.905. The number of nitrogens with two attached hydrogens (primary N) is 2. The maximum Gasteiger partial charge on any atom is 0.306 e. The Bertz CT molecular complexity index is 1040. The molecule has 6 heteroatoms. The van der Waals surface area contributed by atoms with Crippen LogP contribution in [0.25, 0.3) is 0 Å². The van der Waals surface area contributed by atoms with Crippen LogP contribution in [0.15, 0.2) is 11.6 Å². The van der Waals surface area contributed by atoms with Crippen molar-refractivity contribution in [3.8, 4) is 0 Å². The highest BCUT2D eigenvalue weighted by Crippen LogP contribution is 2.67. The van der Waals surface area contributed by atoms with Crippen LogP contribution < -0.4 is 11.5 Å². The Morgan fingerprint density at radius 1 is 0.833 bits per heavy atom. The van der Waals surface area contributed by atoms with Crippen molar-refractivity contribution >= 4 is 11.9 Å². The molecule has 3 saturated carbocycles. The van der Waals surface area contributed by atoms with Gasteiger partial charge in [-0.15, -0.1) is 0 Å². The van der Waals surface area contributed by atoms with Crippen LogP contribution in [0.4, 0.5) is 0 Å². The summed E-state index contributed by atoms with van der Waals surface area (Å²) in [6.07, 6.45) is 24.4. The van der Waals surface area contributed by atoms with E-state index in [4.69, 9.17) is 16.2 Å². The van der Waals surface area contributed by atoms with Gasteiger partial charge in [-0.1, -0.05) is 91.2 Å². The van der Waals surface area contributed by atoms with Crippen molar-refractivity contribution in [3.05, 3.63) is 11.6 Å². The highest BCUT2D eigenvalue weighted by Gasteiger charge is 2.59. The SMILES string of the molecule is CC(C)CCCC(C)[C@H]1CC[C@H]2[C@@H]3CC=C4C[C@@H](OC(=O)CCC(=O)N(CCCN)CCCCCCCCN)CC[C@]4(C)[C@H]3CC[C@]12C. The zero-order valence-electron chi connectivity index (χ0n) is 31.9. The van der Waals surface area contributed by atoms with Crippen LogP contribution in [0.1, 0.15) is 163 Å². The normalized spacial score (nSPS) is 31.8. The van der Waals surface area contributed by atoms with Gasteiger partial charge in [-0.25, -0.2) is 0 Å². The van der Waals surface area contributed by atoms with E-state index in [1.165, 1.54) is 70.6 Å². The van der Waals surface area contributed by atoms with Gasteiger partial charge in [0.15, 0.2) is 0 Å². The monoisotopic (exact) mass is 670 g/mol. The number of ether oxygens (including phenoxy) is 1. The summed E-state index contributed by atoms with van der Waals surface area (Å²) in [6, 6.07) is 0. The molecular formula is C42H75N3O3. The summed E-state index contributed by atoms with van der Waals surface area (Å²) in [7, 11) is 0. The van der Waals surface area contributed by atoms with Gasteiger partial charge >= 0.3 is 5.97 Å². The van der Waals surface area contributed by atoms with Gasteiger partial charge in [0.2, 0.25) is 5.91 Å². The Morgan fingerprint density at radius 2 is 1.54 bits per heavy atom. The molecule has 4 N–H and O–H groups in total. The number of allylic oxidation sites excluding steroid dienone is 1. The third kappa shape index (κ3) is 9.89. The molecule has 0 aromatic carbocycles. The Balaban J connectivity index is 1.25. The highest BCUT2D eigenvalue weighted by atomic mass is 16.5. The maximum absolute atomic E-state index is 13.1. The highest BCUT2D eigenvalue weighted by molar-refractivity contribution is 5.81. The van der Waals surface area contributed by atoms with Crippen molar-refractivity contribution < 1.29 is 14.3 Å². The summed E-state index contributed by atoms with van der Waals surface area (Å²) in [5.74, 6) is 4.84. The van der Waals surface area contributed by atoms with E-state index in [1.54, 1.807) is 5.57 Å². The molecule has 8 atom stereocenters. The molecule has 0 heterocycles. The predicted octanol–water partition coefficient (Wildman–Crippen LogP) is 9.20. The topological polar surface area (TPSA) is 98.7 Å². The fourth-order valence-electron chi connectivity index (χ4n) is 11.2. The molecule has 6 nitrogen and oxygen atoms in total. The smallest absolute Gasteiger partial charge is 0.306 e. The molecule has 0 saturated heterocycles. The molecule has 4 aliphatic carbocycles. The molecule has 0 aromatic heterocycles. The van der Waals surface area contributed by atoms with Gasteiger partial charge in [0, 0.05) is 25.9 Å². The Kier molecular flexibility index (Phi) is 15.4. The second kappa shape index (κ2) is 18.7. The Labute approximate surface area is 295 Å². The second-order valence-electron chi connectivity index (χ2n) is 17.6. The van der Waals surface area contributed by atoms with Crippen LogP contribution in [-0.4, -0.2) is 49.1 Å². The van der Waals surface area contributed by atoms with E-state index in [1.807, 2.05) is 4.90 Å². The molecule has 3 fully saturated rings. The quantitative estimate of drug-likeness (QED) is 0.0765. The molecule has 0 radical (unpaired) electrons. The Hall–Kier alpha value is -1.40. The maximum atomic E-state index is 13.1. The van der Waals surface area contributed by atoms with Crippen molar-refractivity contribution in [1.82, 2.24) is 4.90 Å². The first-order chi connectivity index (χ1) is 23.0. The molecule has 276 valence electrons. The number of hydrogen-bond acceptors (Lipinski definition) is 5. The summed E-state index contributed by atoms with van der Waals surface area (Å²) >= 11 is 0. The molecule has 4 rings (SSSR count). The van der Waals surface area contributed by atoms with Crippen molar-refractivity contribution in [2.24, 2.45) is 57.8 Å². The number of carbonyl (C=O) groups excluding carboxylic acids is 2. The van der Waals surface area contributed by atoms with Crippen LogP contribution in [-0.2, 0) is 14.3 Å². The van der Waals surface area contributed by atoms with E-state index in [0.29, 0.717) is 18.5 Å². The summed E-state index contributed by atoms with van der Waals surface area (Å²) < 4.78 is 6.07. The summed E-state index contributed by atoms with van der Waals surface area (Å²) in [5.41, 5.74) is 13.7. The summed E-state index contributed by atoms with van der Waals surface area (Å²) in [6.45, 7) is 15.3. The van der Waals surface area contributed by atoms with Crippen molar-refractivity contribution in [2.75, 3.05) is 26.2 Å². The van der Waals surface area contributed by atoms with Gasteiger partial charge in [-0.05, 0) is 124 Å². The third-order valence-electron chi connectivity index (χ3n) is 14.0. The third-order valence-corrected chi connectivity index (χ3v) is 14.0. The number of esters is 1. The molecule has 0 aliphatic heterocycles. The molecule has 0 spiro atoms. The first-order valence-corrected chi connectivity index (χ1v) is 20.6. The average molecular weight is 670 g/mol. The predicted molar refractivity (Wildman–Crippen MR) is 199 cm³/mol. The van der Waals surface area contributed by atoms with E-state index in [-0.39, 0.29) is 36.2 Å². The van der Waals surface area contributed by atoms with Gasteiger partial charge in [-0.3, -0.25) is 9.59 Å². The first-order valence-electron chi connectivity index (χ1n) is 20.6. The average Bonchev–Trinajstić information content (AvgIpc) is 3.42. The van der Waals surface area contributed by atoms with E-state index in [9.17, 15) is 9.59 Å². The number of fused-ring (bicyclic) bond motifs is 5. The number of hydrogen-bond donors (Lipinski definition) is 2. The minimum absolute atomic E-state index is 0.0486. The van der Waals surface area contributed by atoms with Gasteiger partial charge < -0.3 is 21.1 Å². The number of unbranched alkanes of at least 4 members (excludes halogenated alkanes) is 5. The molecule has 1 unspecified atom stereocenters. The van der Waals surface area contributed by atoms with Crippen LogP contribution in [0.5, 0.6) is 0 Å². The van der Waals surface area contributed by atoms with E-state index < -0.39 is 0 Å². The molecule has 1 amide bonds. The van der Waals surface area contributed by atoms with Crippen molar-refractivity contribution in [3.63, 3.8) is 0 Å². The number of carbonyl (C=O) groups is 2. The van der Waals surface area contributed by atoms with E-state index in [0.717, 1.165) is 93.5 Å². The molecule has 0 aromatic rings. The van der Waals surface area contributed by atoms with Gasteiger partial charge in [-0.2, -0.15) is 0 Å². The van der Waals surface area contributed by atoms with Crippen molar-refractivity contribution in [2.45, 2.75) is 169 Å². The van der Waals surface area contributed by atoms with Crippen LogP contribution in [0, 0.1) is 46.3 Å². The molecule has 48 heavy (non-hydrogen) atoms. The number of rotatable bonds is 20. The van der Waals surface area contributed by atoms with Crippen LogP contribution in [0.3, 0.4) is 0 Å². The minimum atomic E-state index is -0.210. The largest absolute Gasteiger partial charge is 0.462 e. The van der Waals surface area contributed by atoms with Crippen molar-refractivity contribution in [1.29, 1.82) is 0 Å². The fourth-order valence-corrected chi connectivity index (χ4v) is 11.2. The van der Waals surface area contributed by atoms with Gasteiger partial charge in [0.05, 0.1) is 6.42 Å². The first kappa shape index (κ1) is 39.4. The van der Waals surface area contributed by atoms with Crippen LogP contribution in [0.2, 0.25) is 0 Å². The molecular weight excluding hydrogens is 594 g/mol. The lowest BCUT2D eigenvalue weighted by atomic mass is 9.47. The molecule has 0 bridgehead atoms. The van der Waals surface area contributed by atoms with Gasteiger partial charge in [0.25, 0.3) is 0 Å². The number of amides is 1. The van der Waals surface area contributed by atoms with E-state index >= 15 is 0 Å². The standard InChI is InChI=1S/C42H75N3O3/c1-31(2)14-12-15-32(3)36-18-19-37-35-17-16-33-30-34(22-24-41(33,4)38(35)23-25-42(36,37)5)48-40(47)21-20-39(46)45(29-13-27-44)28-11-9-7-6-8-10-26-43/h16,31-32,34-38H,6-15,17-30,43-44H2,1-5H3/t32?,34-,35-,36+,37-,38-,41-,42+/m0/s1.